The Morgan fingerprint density at radius 2 is 1.42 bits per heavy atom. The molecule has 0 radical (unpaired) electrons. The quantitative estimate of drug-likeness (QED) is 0.257. The maximum Gasteiger partial charge on any atom is 0.432 e. The summed E-state index contributed by atoms with van der Waals surface area (Å²) < 4.78 is 31.9. The number of hydrogen-bond donors (Lipinski definition) is 1. The van der Waals surface area contributed by atoms with Gasteiger partial charge in [0.2, 0.25) is 0 Å². The fourth-order valence-corrected chi connectivity index (χ4v) is 1.86. The molecule has 0 spiro atoms. The lowest BCUT2D eigenvalue weighted by Crippen LogP contribution is -2.10. The van der Waals surface area contributed by atoms with Gasteiger partial charge >= 0.3 is 16.4 Å². The highest BCUT2D eigenvalue weighted by Gasteiger charge is 2.11. The zero-order valence-electron chi connectivity index (χ0n) is 11.5. The molecule has 6 nitrogen and oxygen atoms in total. The fourth-order valence-electron chi connectivity index (χ4n) is 1.70. The molecule has 0 atom stereocenters. The van der Waals surface area contributed by atoms with Crippen LogP contribution in [0.2, 0.25) is 0 Å². The van der Waals surface area contributed by atoms with Gasteiger partial charge in [0, 0.05) is 6.42 Å². The van der Waals surface area contributed by atoms with Crippen LogP contribution in [0.3, 0.4) is 0 Å². The van der Waals surface area contributed by atoms with E-state index in [1.165, 1.54) is 32.1 Å². The highest BCUT2D eigenvalue weighted by atomic mass is 32.3. The first kappa shape index (κ1) is 18.3. The summed E-state index contributed by atoms with van der Waals surface area (Å²) in [7, 11) is -4.71. The predicted octanol–water partition coefficient (Wildman–Crippen LogP) is 3.18. The summed E-state index contributed by atoms with van der Waals surface area (Å²) in [5.74, 6) is -0.791. The van der Waals surface area contributed by atoms with Crippen molar-refractivity contribution < 1.29 is 27.0 Å². The average molecular weight is 296 g/mol. The van der Waals surface area contributed by atoms with Crippen molar-refractivity contribution in [1.29, 1.82) is 0 Å². The van der Waals surface area contributed by atoms with E-state index in [0.717, 1.165) is 19.3 Å². The maximum absolute atomic E-state index is 11.0. The Bertz CT molecular complexity index is 325. The van der Waals surface area contributed by atoms with Gasteiger partial charge in [0.15, 0.2) is 0 Å². The number of unbranched alkanes of at least 4 members (excludes halogenated alkanes) is 8. The number of hydrogen-bond acceptors (Lipinski definition) is 5. The van der Waals surface area contributed by atoms with E-state index in [9.17, 15) is 13.2 Å². The molecule has 0 aromatic rings. The third-order valence-corrected chi connectivity index (χ3v) is 2.94. The van der Waals surface area contributed by atoms with Crippen molar-refractivity contribution in [3.8, 4) is 0 Å². The van der Waals surface area contributed by atoms with Gasteiger partial charge in [-0.05, 0) is 10.8 Å². The van der Waals surface area contributed by atoms with Crippen molar-refractivity contribution in [3.05, 3.63) is 0 Å². The minimum absolute atomic E-state index is 0.0886. The van der Waals surface area contributed by atoms with E-state index in [1.54, 1.807) is 0 Å². The van der Waals surface area contributed by atoms with Crippen LogP contribution in [0.1, 0.15) is 71.1 Å². The first-order valence-electron chi connectivity index (χ1n) is 6.82. The average Bonchev–Trinajstić information content (AvgIpc) is 2.33. The number of rotatable bonds is 12. The second-order valence-electron chi connectivity index (χ2n) is 4.53. The Morgan fingerprint density at radius 3 is 1.89 bits per heavy atom. The molecule has 114 valence electrons. The van der Waals surface area contributed by atoms with E-state index in [2.05, 4.69) is 16.1 Å². The molecular formula is C12H24O6S. The van der Waals surface area contributed by atoms with E-state index in [-0.39, 0.29) is 6.42 Å². The summed E-state index contributed by atoms with van der Waals surface area (Å²) >= 11 is 0. The van der Waals surface area contributed by atoms with Gasteiger partial charge in [0.25, 0.3) is 0 Å². The highest BCUT2D eigenvalue weighted by Crippen LogP contribution is 2.10. The third kappa shape index (κ3) is 15.3. The largest absolute Gasteiger partial charge is 0.432 e. The van der Waals surface area contributed by atoms with E-state index in [1.807, 2.05) is 0 Å². The van der Waals surface area contributed by atoms with Crippen LogP contribution in [0.5, 0.6) is 0 Å². The molecule has 0 aromatic carbocycles. The van der Waals surface area contributed by atoms with Gasteiger partial charge in [0.05, 0.1) is 0 Å². The summed E-state index contributed by atoms with van der Waals surface area (Å²) in [6.07, 6.45) is 10.1. The van der Waals surface area contributed by atoms with Gasteiger partial charge in [-0.15, -0.1) is 0 Å². The van der Waals surface area contributed by atoms with Crippen molar-refractivity contribution in [2.45, 2.75) is 71.1 Å². The SMILES string of the molecule is CCCCCCCCCCCC(=O)OOS(=O)(=O)O. The molecule has 0 aliphatic rings. The first-order chi connectivity index (χ1) is 8.95. The van der Waals surface area contributed by atoms with E-state index < -0.39 is 16.4 Å². The molecule has 19 heavy (non-hydrogen) atoms. The lowest BCUT2D eigenvalue weighted by molar-refractivity contribution is -0.214. The van der Waals surface area contributed by atoms with Gasteiger partial charge < -0.3 is 0 Å². The number of carbonyl (C=O) groups is 1. The second kappa shape index (κ2) is 11.2. The molecule has 0 amide bonds. The van der Waals surface area contributed by atoms with Crippen LogP contribution in [0, 0.1) is 0 Å². The monoisotopic (exact) mass is 296 g/mol. The molecule has 0 aromatic heterocycles. The minimum Gasteiger partial charge on any atom is -0.280 e. The molecule has 0 rings (SSSR count). The van der Waals surface area contributed by atoms with Crippen LogP contribution in [0.25, 0.3) is 0 Å². The van der Waals surface area contributed by atoms with E-state index in [4.69, 9.17) is 4.55 Å². The molecule has 0 saturated carbocycles. The fraction of sp³-hybridized carbons (Fsp3) is 0.917. The van der Waals surface area contributed by atoms with Crippen LogP contribution < -0.4 is 0 Å². The first-order valence-corrected chi connectivity index (χ1v) is 8.18. The summed E-state index contributed by atoms with van der Waals surface area (Å²) in [6, 6.07) is 0. The smallest absolute Gasteiger partial charge is 0.280 e. The third-order valence-electron chi connectivity index (χ3n) is 2.70. The Kier molecular flexibility index (Phi) is 10.8. The van der Waals surface area contributed by atoms with Gasteiger partial charge in [-0.25, -0.2) is 4.79 Å². The normalized spacial score (nSPS) is 11.5. The molecule has 0 saturated heterocycles. The highest BCUT2D eigenvalue weighted by molar-refractivity contribution is 7.80. The van der Waals surface area contributed by atoms with Crippen molar-refractivity contribution in [2.24, 2.45) is 0 Å². The molecular weight excluding hydrogens is 272 g/mol. The van der Waals surface area contributed by atoms with Crippen molar-refractivity contribution in [3.63, 3.8) is 0 Å². The van der Waals surface area contributed by atoms with Crippen LogP contribution in [-0.2, 0) is 24.4 Å². The summed E-state index contributed by atoms with van der Waals surface area (Å²) in [5.41, 5.74) is 0. The molecule has 7 heteroatoms. The molecule has 0 aliphatic carbocycles. The Balaban J connectivity index is 3.28. The van der Waals surface area contributed by atoms with Gasteiger partial charge in [-0.1, -0.05) is 58.3 Å². The zero-order chi connectivity index (χ0) is 14.6. The van der Waals surface area contributed by atoms with Crippen LogP contribution in [0.4, 0.5) is 0 Å². The Hall–Kier alpha value is -0.660. The van der Waals surface area contributed by atoms with Gasteiger partial charge in [-0.3, -0.25) is 9.44 Å². The molecule has 0 bridgehead atoms. The van der Waals surface area contributed by atoms with Crippen molar-refractivity contribution >= 4 is 16.4 Å². The van der Waals surface area contributed by atoms with E-state index >= 15 is 0 Å². The lowest BCUT2D eigenvalue weighted by atomic mass is 10.1. The Morgan fingerprint density at radius 1 is 0.947 bits per heavy atom. The summed E-state index contributed by atoms with van der Waals surface area (Å²) in [5, 5.41) is 0. The molecule has 0 aliphatic heterocycles. The Labute approximate surface area is 115 Å². The molecule has 1 N–H and O–H groups in total. The topological polar surface area (TPSA) is 89.9 Å². The molecule has 0 unspecified atom stereocenters. The summed E-state index contributed by atoms with van der Waals surface area (Å²) in [6.45, 7) is 2.19. The molecule has 0 fully saturated rings. The van der Waals surface area contributed by atoms with Crippen LogP contribution >= 0.6 is 0 Å². The molecule has 0 heterocycles. The number of carbonyl (C=O) groups excluding carboxylic acids is 1. The predicted molar refractivity (Wildman–Crippen MR) is 70.6 cm³/mol. The van der Waals surface area contributed by atoms with Gasteiger partial charge in [-0.2, -0.15) is 8.42 Å². The zero-order valence-corrected chi connectivity index (χ0v) is 12.3. The lowest BCUT2D eigenvalue weighted by Gasteiger charge is -2.02. The standard InChI is InChI=1S/C12H24O6S/c1-2-3-4-5-6-7-8-9-10-11-12(13)17-18-19(14,15)16/h2-11H2,1H3,(H,14,15,16). The second-order valence-corrected chi connectivity index (χ2v) is 5.52. The maximum atomic E-state index is 11.0. The van der Waals surface area contributed by atoms with Crippen LogP contribution in [0.15, 0.2) is 0 Å². The minimum atomic E-state index is -4.71. The van der Waals surface area contributed by atoms with E-state index in [0.29, 0.717) is 6.42 Å². The summed E-state index contributed by atoms with van der Waals surface area (Å²) in [4.78, 5) is 14.9. The van der Waals surface area contributed by atoms with Gasteiger partial charge in [0.1, 0.15) is 0 Å². The van der Waals surface area contributed by atoms with Crippen LogP contribution in [-0.4, -0.2) is 18.9 Å². The van der Waals surface area contributed by atoms with Crippen molar-refractivity contribution in [1.82, 2.24) is 0 Å². The van der Waals surface area contributed by atoms with Crippen molar-refractivity contribution in [2.75, 3.05) is 0 Å².